The Morgan fingerprint density at radius 1 is 1.56 bits per heavy atom. The quantitative estimate of drug-likeness (QED) is 0.718. The molecule has 1 spiro atoms. The fraction of sp³-hybridized carbons (Fsp3) is 0.800. The van der Waals surface area contributed by atoms with Crippen molar-refractivity contribution in [3.63, 3.8) is 0 Å². The maximum absolute atomic E-state index is 11.4. The number of piperidine rings is 1. The first-order chi connectivity index (χ1) is 7.65. The first kappa shape index (κ1) is 11.0. The van der Waals surface area contributed by atoms with Crippen molar-refractivity contribution in [1.82, 2.24) is 10.2 Å². The van der Waals surface area contributed by atoms with E-state index in [1.807, 2.05) is 0 Å². The predicted molar refractivity (Wildman–Crippen MR) is 55.0 cm³/mol. The van der Waals surface area contributed by atoms with Gasteiger partial charge in [-0.25, -0.2) is 9.59 Å². The molecule has 0 atom stereocenters. The van der Waals surface area contributed by atoms with Crippen molar-refractivity contribution in [3.05, 3.63) is 0 Å². The van der Waals surface area contributed by atoms with Crippen LogP contribution in [0.4, 0.5) is 9.59 Å². The average Bonchev–Trinajstić information content (AvgIpc) is 2.61. The first-order valence-corrected chi connectivity index (χ1v) is 5.54. The van der Waals surface area contributed by atoms with Gasteiger partial charge in [0.2, 0.25) is 0 Å². The number of nitrogens with zero attached hydrogens (tertiary/aromatic N) is 1. The van der Waals surface area contributed by atoms with Gasteiger partial charge in [0.25, 0.3) is 0 Å². The molecule has 2 rings (SSSR count). The zero-order valence-corrected chi connectivity index (χ0v) is 9.32. The van der Waals surface area contributed by atoms with Crippen LogP contribution >= 0.6 is 0 Å². The second-order valence-corrected chi connectivity index (χ2v) is 4.11. The summed E-state index contributed by atoms with van der Waals surface area (Å²) in [6.07, 6.45) is 0.703. The van der Waals surface area contributed by atoms with Crippen LogP contribution in [0.5, 0.6) is 0 Å². The Morgan fingerprint density at radius 2 is 2.25 bits per heavy atom. The molecule has 0 bridgehead atoms. The van der Waals surface area contributed by atoms with E-state index < -0.39 is 5.60 Å². The summed E-state index contributed by atoms with van der Waals surface area (Å²) in [4.78, 5) is 24.1. The van der Waals surface area contributed by atoms with Gasteiger partial charge in [-0.1, -0.05) is 0 Å². The summed E-state index contributed by atoms with van der Waals surface area (Å²) in [5, 5.41) is 2.65. The maximum atomic E-state index is 11.4. The smallest absolute Gasteiger partial charge is 0.409 e. The molecule has 6 nitrogen and oxygen atoms in total. The Labute approximate surface area is 93.9 Å². The fourth-order valence-electron chi connectivity index (χ4n) is 2.09. The lowest BCUT2D eigenvalue weighted by Crippen LogP contribution is -2.48. The van der Waals surface area contributed by atoms with Crippen molar-refractivity contribution >= 4 is 12.2 Å². The molecule has 0 radical (unpaired) electrons. The van der Waals surface area contributed by atoms with Crippen LogP contribution in [0.25, 0.3) is 0 Å². The predicted octanol–water partition coefficient (Wildman–Crippen LogP) is 0.717. The van der Waals surface area contributed by atoms with Gasteiger partial charge >= 0.3 is 12.2 Å². The molecule has 0 aliphatic carbocycles. The minimum absolute atomic E-state index is 0.283. The van der Waals surface area contributed by atoms with E-state index in [-0.39, 0.29) is 12.2 Å². The fourth-order valence-corrected chi connectivity index (χ4v) is 2.09. The Hall–Kier alpha value is -1.46. The Morgan fingerprint density at radius 3 is 2.75 bits per heavy atom. The van der Waals surface area contributed by atoms with E-state index in [2.05, 4.69) is 5.32 Å². The topological polar surface area (TPSA) is 67.9 Å². The average molecular weight is 228 g/mol. The van der Waals surface area contributed by atoms with Crippen molar-refractivity contribution in [3.8, 4) is 0 Å². The van der Waals surface area contributed by atoms with E-state index in [1.165, 1.54) is 0 Å². The molecule has 6 heteroatoms. The van der Waals surface area contributed by atoms with Crippen LogP contribution in [0.2, 0.25) is 0 Å². The number of amides is 2. The summed E-state index contributed by atoms with van der Waals surface area (Å²) in [5.74, 6) is 0. The zero-order valence-electron chi connectivity index (χ0n) is 9.32. The summed E-state index contributed by atoms with van der Waals surface area (Å²) >= 11 is 0. The molecule has 90 valence electrons. The minimum Gasteiger partial charge on any atom is -0.450 e. The molecule has 0 unspecified atom stereocenters. The van der Waals surface area contributed by atoms with E-state index in [0.717, 1.165) is 0 Å². The molecule has 2 aliphatic rings. The molecule has 0 aromatic heterocycles. The van der Waals surface area contributed by atoms with E-state index in [4.69, 9.17) is 9.47 Å². The lowest BCUT2D eigenvalue weighted by Gasteiger charge is -2.36. The van der Waals surface area contributed by atoms with Crippen LogP contribution < -0.4 is 5.32 Å². The highest BCUT2D eigenvalue weighted by Gasteiger charge is 2.43. The molecular formula is C10H16N2O4. The number of alkyl carbamates (subject to hydrolysis) is 1. The molecule has 1 N–H and O–H groups in total. The van der Waals surface area contributed by atoms with Crippen LogP contribution in [0.3, 0.4) is 0 Å². The number of hydrogen-bond donors (Lipinski definition) is 1. The zero-order chi connectivity index (χ0) is 11.6. The Bertz CT molecular complexity index is 297. The number of ether oxygens (including phenoxy) is 2. The summed E-state index contributed by atoms with van der Waals surface area (Å²) in [5.41, 5.74) is -0.403. The van der Waals surface area contributed by atoms with Crippen LogP contribution in [0, 0.1) is 0 Å². The maximum Gasteiger partial charge on any atom is 0.409 e. The third-order valence-electron chi connectivity index (χ3n) is 3.06. The molecule has 16 heavy (non-hydrogen) atoms. The van der Waals surface area contributed by atoms with Crippen LogP contribution in [0.1, 0.15) is 19.8 Å². The highest BCUT2D eigenvalue weighted by Crippen LogP contribution is 2.29. The van der Waals surface area contributed by atoms with Crippen molar-refractivity contribution in [2.75, 3.05) is 26.2 Å². The Balaban J connectivity index is 1.87. The van der Waals surface area contributed by atoms with Gasteiger partial charge in [-0.05, 0) is 6.92 Å². The van der Waals surface area contributed by atoms with Gasteiger partial charge in [-0.3, -0.25) is 0 Å². The molecule has 0 aromatic carbocycles. The van der Waals surface area contributed by atoms with Gasteiger partial charge in [0.15, 0.2) is 0 Å². The van der Waals surface area contributed by atoms with Gasteiger partial charge in [0.1, 0.15) is 5.60 Å². The molecule has 2 saturated heterocycles. The van der Waals surface area contributed by atoms with Gasteiger partial charge in [-0.2, -0.15) is 0 Å². The second kappa shape index (κ2) is 4.19. The third-order valence-corrected chi connectivity index (χ3v) is 3.06. The highest BCUT2D eigenvalue weighted by molar-refractivity contribution is 5.71. The Kier molecular flexibility index (Phi) is 2.89. The molecule has 2 fully saturated rings. The molecular weight excluding hydrogens is 212 g/mol. The van der Waals surface area contributed by atoms with Crippen molar-refractivity contribution in [2.24, 2.45) is 0 Å². The van der Waals surface area contributed by atoms with Crippen LogP contribution in [0.15, 0.2) is 0 Å². The van der Waals surface area contributed by atoms with Crippen molar-refractivity contribution < 1.29 is 19.1 Å². The molecule has 2 aliphatic heterocycles. The number of carbonyl (C=O) groups is 2. The minimum atomic E-state index is -0.403. The molecule has 0 saturated carbocycles. The van der Waals surface area contributed by atoms with E-state index in [1.54, 1.807) is 11.8 Å². The summed E-state index contributed by atoms with van der Waals surface area (Å²) in [7, 11) is 0. The molecule has 0 aromatic rings. The van der Waals surface area contributed by atoms with E-state index in [9.17, 15) is 9.59 Å². The highest BCUT2D eigenvalue weighted by atomic mass is 16.6. The van der Waals surface area contributed by atoms with Crippen LogP contribution in [-0.2, 0) is 9.47 Å². The first-order valence-electron chi connectivity index (χ1n) is 5.54. The standard InChI is InChI=1S/C10H16N2O4/c1-2-15-9(14)12-5-3-10(4-6-12)7-11-8(13)16-10/h2-7H2,1H3,(H,11,13). The summed E-state index contributed by atoms with van der Waals surface area (Å²) < 4.78 is 10.2. The van der Waals surface area contributed by atoms with E-state index in [0.29, 0.717) is 39.1 Å². The summed E-state index contributed by atoms with van der Waals surface area (Å²) in [6.45, 7) is 3.87. The summed E-state index contributed by atoms with van der Waals surface area (Å²) in [6, 6.07) is 0. The van der Waals surface area contributed by atoms with E-state index >= 15 is 0 Å². The number of rotatable bonds is 1. The monoisotopic (exact) mass is 228 g/mol. The number of likely N-dealkylation sites (tertiary alicyclic amines) is 1. The van der Waals surface area contributed by atoms with Crippen molar-refractivity contribution in [1.29, 1.82) is 0 Å². The lowest BCUT2D eigenvalue weighted by molar-refractivity contribution is 0.000416. The van der Waals surface area contributed by atoms with Crippen LogP contribution in [-0.4, -0.2) is 48.9 Å². The van der Waals surface area contributed by atoms with Gasteiger partial charge in [-0.15, -0.1) is 0 Å². The largest absolute Gasteiger partial charge is 0.450 e. The molecule has 2 heterocycles. The normalized spacial score (nSPS) is 22.8. The number of nitrogens with one attached hydrogen (secondary N) is 1. The SMILES string of the molecule is CCOC(=O)N1CCC2(CC1)CNC(=O)O2. The third kappa shape index (κ3) is 2.05. The van der Waals surface area contributed by atoms with Gasteiger partial charge in [0, 0.05) is 25.9 Å². The van der Waals surface area contributed by atoms with Gasteiger partial charge < -0.3 is 19.7 Å². The van der Waals surface area contributed by atoms with Gasteiger partial charge in [0.05, 0.1) is 13.2 Å². The molecule has 2 amide bonds. The second-order valence-electron chi connectivity index (χ2n) is 4.11. The lowest BCUT2D eigenvalue weighted by atomic mass is 9.92. The number of carbonyl (C=O) groups excluding carboxylic acids is 2. The van der Waals surface area contributed by atoms with Crippen molar-refractivity contribution in [2.45, 2.75) is 25.4 Å². The number of hydrogen-bond acceptors (Lipinski definition) is 4.